The largest absolute Gasteiger partial charge is 0.376 e. The molecule has 0 spiro atoms. The molecule has 1 heterocycles. The molecule has 1 aliphatic rings. The number of likely N-dealkylation sites (tertiary alicyclic amines) is 1. The third kappa shape index (κ3) is 3.42. The first-order valence-electron chi connectivity index (χ1n) is 6.13. The van der Waals surface area contributed by atoms with E-state index in [0.29, 0.717) is 0 Å². The fourth-order valence-corrected chi connectivity index (χ4v) is 2.09. The number of hydrogen-bond donors (Lipinski definition) is 1. The lowest BCUT2D eigenvalue weighted by Gasteiger charge is -2.26. The molecule has 2 rings (SSSR count). The van der Waals surface area contributed by atoms with Crippen LogP contribution in [0.1, 0.15) is 19.3 Å². The molecule has 1 aromatic carbocycles. The summed E-state index contributed by atoms with van der Waals surface area (Å²) in [6.07, 6.45) is 3.22. The highest BCUT2D eigenvalue weighted by atomic mass is 19.1. The van der Waals surface area contributed by atoms with E-state index >= 15 is 0 Å². The fraction of sp³-hybridized carbons (Fsp3) is 0.462. The smallest absolute Gasteiger partial charge is 0.241 e. The van der Waals surface area contributed by atoms with Gasteiger partial charge in [0.1, 0.15) is 11.6 Å². The van der Waals surface area contributed by atoms with E-state index in [1.54, 1.807) is 4.90 Å². The van der Waals surface area contributed by atoms with Gasteiger partial charge in [-0.1, -0.05) is 0 Å². The second-order valence-electron chi connectivity index (χ2n) is 4.45. The van der Waals surface area contributed by atoms with E-state index in [9.17, 15) is 13.6 Å². The summed E-state index contributed by atoms with van der Waals surface area (Å²) < 4.78 is 25.9. The van der Waals surface area contributed by atoms with Crippen molar-refractivity contribution >= 4 is 11.6 Å². The number of rotatable bonds is 3. The van der Waals surface area contributed by atoms with Crippen LogP contribution in [0.25, 0.3) is 0 Å². The molecule has 1 saturated heterocycles. The van der Waals surface area contributed by atoms with Crippen molar-refractivity contribution in [2.24, 2.45) is 0 Å². The van der Waals surface area contributed by atoms with Crippen LogP contribution in [-0.2, 0) is 4.79 Å². The fourth-order valence-electron chi connectivity index (χ4n) is 2.09. The zero-order valence-electron chi connectivity index (χ0n) is 10.1. The molecule has 0 radical (unpaired) electrons. The van der Waals surface area contributed by atoms with Gasteiger partial charge < -0.3 is 10.2 Å². The Morgan fingerprint density at radius 3 is 2.33 bits per heavy atom. The van der Waals surface area contributed by atoms with Gasteiger partial charge in [-0.05, 0) is 31.4 Å². The number of nitrogens with one attached hydrogen (secondary N) is 1. The zero-order valence-corrected chi connectivity index (χ0v) is 10.1. The average Bonchev–Trinajstić information content (AvgIpc) is 2.36. The van der Waals surface area contributed by atoms with Crippen LogP contribution in [0.3, 0.4) is 0 Å². The molecule has 0 aromatic heterocycles. The quantitative estimate of drug-likeness (QED) is 0.898. The highest BCUT2D eigenvalue weighted by molar-refractivity contribution is 5.80. The molecule has 98 valence electrons. The lowest BCUT2D eigenvalue weighted by molar-refractivity contribution is -0.130. The number of amides is 1. The third-order valence-corrected chi connectivity index (χ3v) is 3.02. The van der Waals surface area contributed by atoms with Crippen molar-refractivity contribution in [3.05, 3.63) is 29.8 Å². The maximum Gasteiger partial charge on any atom is 0.241 e. The van der Waals surface area contributed by atoms with Crippen LogP contribution < -0.4 is 5.32 Å². The Bertz CT molecular complexity index is 411. The normalized spacial score (nSPS) is 15.6. The van der Waals surface area contributed by atoms with Crippen molar-refractivity contribution in [3.8, 4) is 0 Å². The van der Waals surface area contributed by atoms with Crippen LogP contribution in [0.4, 0.5) is 14.5 Å². The van der Waals surface area contributed by atoms with Crippen LogP contribution >= 0.6 is 0 Å². The van der Waals surface area contributed by atoms with Crippen LogP contribution in [0.5, 0.6) is 0 Å². The number of piperidine rings is 1. The van der Waals surface area contributed by atoms with Gasteiger partial charge in [0.25, 0.3) is 0 Å². The maximum atomic E-state index is 12.9. The maximum absolute atomic E-state index is 12.9. The minimum absolute atomic E-state index is 0.0284. The lowest BCUT2D eigenvalue weighted by Crippen LogP contribution is -2.39. The first-order chi connectivity index (χ1) is 8.65. The number of benzene rings is 1. The number of hydrogen-bond acceptors (Lipinski definition) is 2. The minimum atomic E-state index is -0.650. The monoisotopic (exact) mass is 254 g/mol. The second-order valence-corrected chi connectivity index (χ2v) is 4.45. The van der Waals surface area contributed by atoms with Gasteiger partial charge in [-0.2, -0.15) is 0 Å². The Labute approximate surface area is 105 Å². The van der Waals surface area contributed by atoms with Gasteiger partial charge in [0.15, 0.2) is 0 Å². The topological polar surface area (TPSA) is 32.3 Å². The zero-order chi connectivity index (χ0) is 13.0. The molecule has 1 fully saturated rings. The summed E-state index contributed by atoms with van der Waals surface area (Å²) in [7, 11) is 0. The summed E-state index contributed by atoms with van der Waals surface area (Å²) in [5, 5.41) is 2.75. The molecule has 18 heavy (non-hydrogen) atoms. The summed E-state index contributed by atoms with van der Waals surface area (Å²) in [6, 6.07) is 3.15. The Morgan fingerprint density at radius 1 is 1.11 bits per heavy atom. The molecule has 1 aromatic rings. The lowest BCUT2D eigenvalue weighted by atomic mass is 10.1. The van der Waals surface area contributed by atoms with E-state index in [1.807, 2.05) is 0 Å². The van der Waals surface area contributed by atoms with Crippen molar-refractivity contribution in [3.63, 3.8) is 0 Å². The van der Waals surface area contributed by atoms with Gasteiger partial charge in [0.05, 0.1) is 6.54 Å². The van der Waals surface area contributed by atoms with Crippen LogP contribution in [-0.4, -0.2) is 30.4 Å². The third-order valence-electron chi connectivity index (χ3n) is 3.02. The van der Waals surface area contributed by atoms with Gasteiger partial charge in [-0.3, -0.25) is 4.79 Å². The van der Waals surface area contributed by atoms with E-state index in [4.69, 9.17) is 0 Å². The average molecular weight is 254 g/mol. The molecule has 0 unspecified atom stereocenters. The highest BCUT2D eigenvalue weighted by Crippen LogP contribution is 2.13. The highest BCUT2D eigenvalue weighted by Gasteiger charge is 2.15. The van der Waals surface area contributed by atoms with E-state index in [2.05, 4.69) is 5.32 Å². The Balaban J connectivity index is 1.88. The number of anilines is 1. The Kier molecular flexibility index (Phi) is 4.12. The summed E-state index contributed by atoms with van der Waals surface area (Å²) in [5.74, 6) is -1.33. The van der Waals surface area contributed by atoms with Crippen LogP contribution in [0.2, 0.25) is 0 Å². The molecular weight excluding hydrogens is 238 g/mol. The summed E-state index contributed by atoms with van der Waals surface area (Å²) in [5.41, 5.74) is 0.290. The predicted molar refractivity (Wildman–Crippen MR) is 65.3 cm³/mol. The molecular formula is C13H16F2N2O. The molecule has 5 heteroatoms. The van der Waals surface area contributed by atoms with Gasteiger partial charge >= 0.3 is 0 Å². The summed E-state index contributed by atoms with van der Waals surface area (Å²) >= 11 is 0. The number of carbonyl (C=O) groups is 1. The van der Waals surface area contributed by atoms with Crippen molar-refractivity contribution in [2.45, 2.75) is 19.3 Å². The molecule has 3 nitrogen and oxygen atoms in total. The standard InChI is InChI=1S/C13H16F2N2O/c14-10-6-11(15)8-12(7-10)16-9-13(18)17-4-2-1-3-5-17/h6-8,16H,1-5,9H2. The van der Waals surface area contributed by atoms with E-state index in [1.165, 1.54) is 12.1 Å². The summed E-state index contributed by atoms with van der Waals surface area (Å²) in [6.45, 7) is 1.62. The second kappa shape index (κ2) is 5.80. The van der Waals surface area contributed by atoms with E-state index in [-0.39, 0.29) is 18.1 Å². The predicted octanol–water partition coefficient (Wildman–Crippen LogP) is 2.39. The molecule has 1 amide bonds. The molecule has 1 aliphatic heterocycles. The molecule has 0 aliphatic carbocycles. The SMILES string of the molecule is O=C(CNc1cc(F)cc(F)c1)N1CCCCC1. The van der Waals surface area contributed by atoms with Gasteiger partial charge in [0, 0.05) is 24.8 Å². The van der Waals surface area contributed by atoms with Crippen molar-refractivity contribution in [2.75, 3.05) is 25.0 Å². The van der Waals surface area contributed by atoms with Gasteiger partial charge in [-0.15, -0.1) is 0 Å². The first-order valence-corrected chi connectivity index (χ1v) is 6.13. The molecule has 0 saturated carbocycles. The number of nitrogens with zero attached hydrogens (tertiary/aromatic N) is 1. The minimum Gasteiger partial charge on any atom is -0.376 e. The Morgan fingerprint density at radius 2 is 1.72 bits per heavy atom. The van der Waals surface area contributed by atoms with Crippen LogP contribution in [0, 0.1) is 11.6 Å². The molecule has 0 bridgehead atoms. The Hall–Kier alpha value is -1.65. The van der Waals surface area contributed by atoms with Crippen molar-refractivity contribution in [1.29, 1.82) is 0 Å². The molecule has 1 N–H and O–H groups in total. The first kappa shape index (κ1) is 12.8. The van der Waals surface area contributed by atoms with Crippen molar-refractivity contribution < 1.29 is 13.6 Å². The number of halogens is 2. The van der Waals surface area contributed by atoms with Crippen LogP contribution in [0.15, 0.2) is 18.2 Å². The summed E-state index contributed by atoms with van der Waals surface area (Å²) in [4.78, 5) is 13.6. The molecule has 0 atom stereocenters. The van der Waals surface area contributed by atoms with E-state index in [0.717, 1.165) is 38.4 Å². The number of carbonyl (C=O) groups excluding carboxylic acids is 1. The van der Waals surface area contributed by atoms with Gasteiger partial charge in [-0.25, -0.2) is 8.78 Å². The van der Waals surface area contributed by atoms with Gasteiger partial charge in [0.2, 0.25) is 5.91 Å². The van der Waals surface area contributed by atoms with E-state index < -0.39 is 11.6 Å². The van der Waals surface area contributed by atoms with Crippen molar-refractivity contribution in [1.82, 2.24) is 4.90 Å².